The fourth-order valence-electron chi connectivity index (χ4n) is 5.17. The molecule has 3 heterocycles. The minimum Gasteiger partial charge on any atom is -0.478 e. The summed E-state index contributed by atoms with van der Waals surface area (Å²) in [5.74, 6) is -2.90. The molecule has 2 N–H and O–H groups in total. The van der Waals surface area contributed by atoms with Crippen molar-refractivity contribution in [3.05, 3.63) is 113 Å². The highest BCUT2D eigenvalue weighted by Gasteiger charge is 2.38. The molecule has 1 unspecified atom stereocenters. The average Bonchev–Trinajstić information content (AvgIpc) is 3.67. The normalized spacial score (nSPS) is 14.3. The Labute approximate surface area is 249 Å². The highest BCUT2D eigenvalue weighted by Crippen LogP contribution is 2.37. The van der Waals surface area contributed by atoms with Gasteiger partial charge in [-0.15, -0.1) is 5.10 Å². The number of benzene rings is 3. The number of amides is 2. The van der Waals surface area contributed by atoms with Gasteiger partial charge in [0.25, 0.3) is 11.8 Å². The minimum absolute atomic E-state index is 0.0159. The third kappa shape index (κ3) is 5.24. The number of nitrogens with zero attached hydrogens (tertiary/aromatic N) is 6. The Balaban J connectivity index is 1.38. The highest BCUT2D eigenvalue weighted by molar-refractivity contribution is 6.30. The molecule has 0 saturated carbocycles. The van der Waals surface area contributed by atoms with Crippen molar-refractivity contribution in [1.82, 2.24) is 29.4 Å². The van der Waals surface area contributed by atoms with Crippen molar-refractivity contribution in [1.29, 1.82) is 0 Å². The molecule has 1 aliphatic rings. The molecular weight excluding hydrogens is 577 g/mol. The fourth-order valence-corrected chi connectivity index (χ4v) is 5.33. The number of carboxylic acid groups (broad SMARTS) is 1. The van der Waals surface area contributed by atoms with Crippen molar-refractivity contribution < 1.29 is 23.9 Å². The zero-order chi connectivity index (χ0) is 30.2. The van der Waals surface area contributed by atoms with Crippen LogP contribution in [0.3, 0.4) is 0 Å². The van der Waals surface area contributed by atoms with Gasteiger partial charge in [0, 0.05) is 31.0 Å². The predicted octanol–water partition coefficient (Wildman–Crippen LogP) is 4.54. The summed E-state index contributed by atoms with van der Waals surface area (Å²) in [6, 6.07) is 14.5. The van der Waals surface area contributed by atoms with E-state index >= 15 is 0 Å². The van der Waals surface area contributed by atoms with E-state index in [2.05, 4.69) is 20.6 Å². The summed E-state index contributed by atoms with van der Waals surface area (Å²) in [4.78, 5) is 44.9. The van der Waals surface area contributed by atoms with Crippen LogP contribution in [-0.2, 0) is 18.3 Å². The van der Waals surface area contributed by atoms with Crippen LogP contribution >= 0.6 is 11.6 Å². The molecule has 2 aromatic heterocycles. The van der Waals surface area contributed by atoms with Gasteiger partial charge in [0.15, 0.2) is 11.5 Å². The lowest BCUT2D eigenvalue weighted by atomic mass is 9.87. The Hall–Kier alpha value is -5.36. The molecule has 1 atom stereocenters. The van der Waals surface area contributed by atoms with Gasteiger partial charge in [0.1, 0.15) is 11.7 Å². The summed E-state index contributed by atoms with van der Waals surface area (Å²) in [5, 5.41) is 19.8. The first-order valence-electron chi connectivity index (χ1n) is 13.1. The highest BCUT2D eigenvalue weighted by atomic mass is 35.5. The van der Waals surface area contributed by atoms with E-state index in [1.807, 2.05) is 23.9 Å². The van der Waals surface area contributed by atoms with Gasteiger partial charge >= 0.3 is 5.97 Å². The van der Waals surface area contributed by atoms with Crippen LogP contribution < -0.4 is 5.32 Å². The predicted molar refractivity (Wildman–Crippen MR) is 154 cm³/mol. The van der Waals surface area contributed by atoms with Crippen LogP contribution in [0.1, 0.15) is 38.0 Å². The maximum Gasteiger partial charge on any atom is 0.335 e. The van der Waals surface area contributed by atoms with E-state index < -0.39 is 29.6 Å². The SMILES string of the molecule is Cn1cnc(-c2cccc3c2CCN(C(=O)c2cn(-c4cccc(Cl)c4F)nn2)C3C(=O)Nc2ccc(C(=O)O)cc2)c1. The summed E-state index contributed by atoms with van der Waals surface area (Å²) in [6.07, 6.45) is 5.28. The quantitative estimate of drug-likeness (QED) is 0.293. The van der Waals surface area contributed by atoms with Crippen molar-refractivity contribution >= 4 is 35.1 Å². The molecule has 0 radical (unpaired) electrons. The Morgan fingerprint density at radius 1 is 1.05 bits per heavy atom. The van der Waals surface area contributed by atoms with E-state index in [1.54, 1.807) is 24.5 Å². The minimum atomic E-state index is -1.09. The Kier molecular flexibility index (Phi) is 7.20. The summed E-state index contributed by atoms with van der Waals surface area (Å²) in [5.41, 5.74) is 3.40. The molecule has 0 bridgehead atoms. The van der Waals surface area contributed by atoms with E-state index in [0.29, 0.717) is 17.7 Å². The van der Waals surface area contributed by atoms with Gasteiger partial charge < -0.3 is 19.9 Å². The van der Waals surface area contributed by atoms with E-state index in [9.17, 15) is 23.9 Å². The van der Waals surface area contributed by atoms with Gasteiger partial charge in [0.2, 0.25) is 0 Å². The second-order valence-corrected chi connectivity index (χ2v) is 10.3. The lowest BCUT2D eigenvalue weighted by molar-refractivity contribution is -0.121. The van der Waals surface area contributed by atoms with Crippen LogP contribution in [0.2, 0.25) is 5.02 Å². The molecule has 0 saturated heterocycles. The smallest absolute Gasteiger partial charge is 0.335 e. The number of nitrogens with one attached hydrogen (secondary N) is 1. The first-order chi connectivity index (χ1) is 20.7. The van der Waals surface area contributed by atoms with Gasteiger partial charge in [-0.25, -0.2) is 18.9 Å². The third-order valence-electron chi connectivity index (χ3n) is 7.20. The summed E-state index contributed by atoms with van der Waals surface area (Å²) >= 11 is 5.91. The van der Waals surface area contributed by atoms with Crippen molar-refractivity contribution in [3.8, 4) is 16.9 Å². The molecular formula is C30H23ClFN7O4. The zero-order valence-electron chi connectivity index (χ0n) is 22.6. The molecule has 5 aromatic rings. The lowest BCUT2D eigenvalue weighted by Gasteiger charge is -2.36. The largest absolute Gasteiger partial charge is 0.478 e. The molecule has 11 nitrogen and oxygen atoms in total. The van der Waals surface area contributed by atoms with Crippen LogP contribution in [0.15, 0.2) is 79.4 Å². The number of hydrogen-bond donors (Lipinski definition) is 2. The lowest BCUT2D eigenvalue weighted by Crippen LogP contribution is -2.45. The second kappa shape index (κ2) is 11.1. The van der Waals surface area contributed by atoms with Gasteiger partial charge in [0.05, 0.1) is 28.8 Å². The second-order valence-electron chi connectivity index (χ2n) is 9.94. The summed E-state index contributed by atoms with van der Waals surface area (Å²) < 4.78 is 17.6. The number of carbonyl (C=O) groups is 3. The monoisotopic (exact) mass is 599 g/mol. The number of aromatic carboxylic acids is 1. The molecule has 6 rings (SSSR count). The zero-order valence-corrected chi connectivity index (χ0v) is 23.4. The van der Waals surface area contributed by atoms with Crippen LogP contribution in [0, 0.1) is 5.82 Å². The maximum atomic E-state index is 14.6. The molecule has 1 aliphatic heterocycles. The number of anilines is 1. The van der Waals surface area contributed by atoms with E-state index in [1.165, 1.54) is 47.5 Å². The number of carboxylic acids is 1. The first kappa shape index (κ1) is 27.8. The molecule has 0 aliphatic carbocycles. The number of halogens is 2. The van der Waals surface area contributed by atoms with Crippen molar-refractivity contribution in [3.63, 3.8) is 0 Å². The molecule has 2 amide bonds. The van der Waals surface area contributed by atoms with Crippen LogP contribution in [0.5, 0.6) is 0 Å². The standard InChI is InChI=1S/C30H23ClFN7O4/c1-37-14-23(33-16-37)20-4-2-5-21-19(20)12-13-38(27(21)28(40)34-18-10-8-17(9-11-18)30(42)43)29(41)24-15-39(36-35-24)25-7-3-6-22(31)26(25)32/h2-11,14-16,27H,12-13H2,1H3,(H,34,40)(H,42,43). The number of hydrogen-bond acceptors (Lipinski definition) is 6. The van der Waals surface area contributed by atoms with Gasteiger partial charge in [-0.05, 0) is 53.9 Å². The molecule has 13 heteroatoms. The topological polar surface area (TPSA) is 135 Å². The molecule has 216 valence electrons. The number of carbonyl (C=O) groups excluding carboxylic acids is 2. The van der Waals surface area contributed by atoms with Crippen LogP contribution in [0.4, 0.5) is 10.1 Å². The Morgan fingerprint density at radius 3 is 2.53 bits per heavy atom. The number of rotatable bonds is 6. The van der Waals surface area contributed by atoms with E-state index in [-0.39, 0.29) is 28.5 Å². The molecule has 3 aromatic carbocycles. The van der Waals surface area contributed by atoms with Crippen LogP contribution in [-0.4, -0.2) is 58.9 Å². The Bertz CT molecular complexity index is 1890. The molecule has 43 heavy (non-hydrogen) atoms. The third-order valence-corrected chi connectivity index (χ3v) is 7.49. The van der Waals surface area contributed by atoms with Gasteiger partial charge in [-0.1, -0.05) is 41.1 Å². The summed E-state index contributed by atoms with van der Waals surface area (Å²) in [6.45, 7) is 0.171. The average molecular weight is 600 g/mol. The fraction of sp³-hybridized carbons (Fsp3) is 0.133. The number of fused-ring (bicyclic) bond motifs is 1. The number of aromatic nitrogens is 5. The van der Waals surface area contributed by atoms with Crippen molar-refractivity contribution in [2.45, 2.75) is 12.5 Å². The maximum absolute atomic E-state index is 14.6. The van der Waals surface area contributed by atoms with Crippen LogP contribution in [0.25, 0.3) is 16.9 Å². The first-order valence-corrected chi connectivity index (χ1v) is 13.5. The molecule has 0 spiro atoms. The van der Waals surface area contributed by atoms with Crippen molar-refractivity contribution in [2.24, 2.45) is 7.05 Å². The summed E-state index contributed by atoms with van der Waals surface area (Å²) in [7, 11) is 1.86. The Morgan fingerprint density at radius 2 is 1.81 bits per heavy atom. The number of imidazole rings is 1. The van der Waals surface area contributed by atoms with Gasteiger partial charge in [-0.2, -0.15) is 0 Å². The molecule has 0 fully saturated rings. The van der Waals surface area contributed by atoms with Crippen molar-refractivity contribution in [2.75, 3.05) is 11.9 Å². The van der Waals surface area contributed by atoms with E-state index in [4.69, 9.17) is 11.6 Å². The van der Waals surface area contributed by atoms with Gasteiger partial charge in [-0.3, -0.25) is 9.59 Å². The number of aryl methyl sites for hydroxylation is 1. The van der Waals surface area contributed by atoms with E-state index in [0.717, 1.165) is 21.5 Å².